The third-order valence-corrected chi connectivity index (χ3v) is 3.45. The van der Waals surface area contributed by atoms with E-state index in [4.69, 9.17) is 0 Å². The first-order chi connectivity index (χ1) is 9.04. The van der Waals surface area contributed by atoms with Crippen LogP contribution >= 0.6 is 11.3 Å². The lowest BCUT2D eigenvalue weighted by atomic mass is 10.4. The Morgan fingerprint density at radius 2 is 2.21 bits per heavy atom. The summed E-state index contributed by atoms with van der Waals surface area (Å²) in [5, 5.41) is 6.12. The van der Waals surface area contributed by atoms with Crippen LogP contribution in [0.25, 0.3) is 0 Å². The van der Waals surface area contributed by atoms with Crippen molar-refractivity contribution in [2.24, 2.45) is 4.99 Å². The van der Waals surface area contributed by atoms with Gasteiger partial charge in [-0.3, -0.25) is 9.79 Å². The van der Waals surface area contributed by atoms with Crippen molar-refractivity contribution in [3.63, 3.8) is 0 Å². The van der Waals surface area contributed by atoms with Gasteiger partial charge in [-0.2, -0.15) is 0 Å². The molecule has 0 aliphatic heterocycles. The average Bonchev–Trinajstić information content (AvgIpc) is 2.89. The first-order valence-corrected chi connectivity index (χ1v) is 6.93. The molecule has 1 heterocycles. The molecular weight excluding hydrogens is 262 g/mol. The number of thiazole rings is 1. The highest BCUT2D eigenvalue weighted by Crippen LogP contribution is 2.05. The Hall–Kier alpha value is -1.63. The van der Waals surface area contributed by atoms with Gasteiger partial charge in [0, 0.05) is 52.7 Å². The smallest absolute Gasteiger partial charge is 0.241 e. The van der Waals surface area contributed by atoms with Crippen molar-refractivity contribution >= 4 is 23.2 Å². The maximum absolute atomic E-state index is 11.5. The van der Waals surface area contributed by atoms with Gasteiger partial charge in [0.1, 0.15) is 0 Å². The molecule has 0 fully saturated rings. The van der Waals surface area contributed by atoms with Gasteiger partial charge in [-0.25, -0.2) is 4.98 Å². The summed E-state index contributed by atoms with van der Waals surface area (Å²) in [5.74, 6) is 0.737. The molecule has 0 spiro atoms. The largest absolute Gasteiger partial charge is 0.347 e. The minimum atomic E-state index is 0.0227. The number of carbonyl (C=O) groups excluding carboxylic acids is 1. The van der Waals surface area contributed by atoms with E-state index >= 15 is 0 Å². The molecule has 1 N–H and O–H groups in total. The van der Waals surface area contributed by atoms with E-state index in [-0.39, 0.29) is 12.5 Å². The quantitative estimate of drug-likeness (QED) is 0.623. The first-order valence-electron chi connectivity index (χ1n) is 6.05. The molecule has 0 saturated carbocycles. The van der Waals surface area contributed by atoms with Crippen LogP contribution < -0.4 is 5.32 Å². The standard InChI is InChI=1S/C12H21N5OS/c1-13-12(15-9-11(18)16(2)3)17(4)7-5-10-14-6-8-19-10/h6,8H,5,7,9H2,1-4H3,(H,13,15). The predicted octanol–water partition coefficient (Wildman–Crippen LogP) is 0.281. The number of nitrogens with one attached hydrogen (secondary N) is 1. The van der Waals surface area contributed by atoms with E-state index in [0.717, 1.165) is 18.0 Å². The summed E-state index contributed by atoms with van der Waals surface area (Å²) >= 11 is 1.65. The van der Waals surface area contributed by atoms with E-state index in [0.29, 0.717) is 5.96 Å². The number of rotatable bonds is 5. The molecule has 0 unspecified atom stereocenters. The molecule has 1 amide bonds. The van der Waals surface area contributed by atoms with E-state index in [1.165, 1.54) is 0 Å². The molecule has 0 saturated heterocycles. The number of hydrogen-bond acceptors (Lipinski definition) is 4. The number of amides is 1. The first kappa shape index (κ1) is 15.4. The zero-order valence-electron chi connectivity index (χ0n) is 11.9. The molecule has 0 aliphatic carbocycles. The van der Waals surface area contributed by atoms with E-state index < -0.39 is 0 Å². The minimum Gasteiger partial charge on any atom is -0.347 e. The van der Waals surface area contributed by atoms with Crippen LogP contribution in [0.2, 0.25) is 0 Å². The predicted molar refractivity (Wildman–Crippen MR) is 78.5 cm³/mol. The van der Waals surface area contributed by atoms with Crippen LogP contribution in [0.15, 0.2) is 16.6 Å². The van der Waals surface area contributed by atoms with Gasteiger partial charge in [0.05, 0.1) is 11.6 Å². The Labute approximate surface area is 118 Å². The van der Waals surface area contributed by atoms with Crippen LogP contribution in [0, 0.1) is 0 Å². The summed E-state index contributed by atoms with van der Waals surface area (Å²) in [5.41, 5.74) is 0. The minimum absolute atomic E-state index is 0.0227. The second-order valence-corrected chi connectivity index (χ2v) is 5.27. The van der Waals surface area contributed by atoms with Crippen LogP contribution in [0.5, 0.6) is 0 Å². The summed E-state index contributed by atoms with van der Waals surface area (Å²) < 4.78 is 0. The van der Waals surface area contributed by atoms with Gasteiger partial charge < -0.3 is 15.1 Å². The lowest BCUT2D eigenvalue weighted by molar-refractivity contribution is -0.127. The highest BCUT2D eigenvalue weighted by atomic mass is 32.1. The molecular formula is C12H21N5OS. The van der Waals surface area contributed by atoms with E-state index in [1.54, 1.807) is 37.4 Å². The maximum Gasteiger partial charge on any atom is 0.241 e. The normalized spacial score (nSPS) is 11.3. The number of hydrogen-bond donors (Lipinski definition) is 1. The summed E-state index contributed by atoms with van der Waals surface area (Å²) in [6.45, 7) is 1.06. The SMILES string of the molecule is CN=C(NCC(=O)N(C)C)N(C)CCc1nccs1. The Morgan fingerprint density at radius 1 is 1.47 bits per heavy atom. The summed E-state index contributed by atoms with van der Waals surface area (Å²) in [6.07, 6.45) is 2.68. The fraction of sp³-hybridized carbons (Fsp3) is 0.583. The van der Waals surface area contributed by atoms with Crippen LogP contribution in [-0.4, -0.2) is 67.9 Å². The molecule has 106 valence electrons. The highest BCUT2D eigenvalue weighted by molar-refractivity contribution is 7.09. The van der Waals surface area contributed by atoms with Crippen molar-refractivity contribution in [1.29, 1.82) is 0 Å². The molecule has 19 heavy (non-hydrogen) atoms. The number of likely N-dealkylation sites (N-methyl/N-ethyl adjacent to an activating group) is 2. The van der Waals surface area contributed by atoms with Crippen molar-refractivity contribution < 1.29 is 4.79 Å². The van der Waals surface area contributed by atoms with Crippen LogP contribution in [0.1, 0.15) is 5.01 Å². The second-order valence-electron chi connectivity index (χ2n) is 4.29. The van der Waals surface area contributed by atoms with Gasteiger partial charge in [0.2, 0.25) is 5.91 Å². The van der Waals surface area contributed by atoms with Gasteiger partial charge in [0.15, 0.2) is 5.96 Å². The van der Waals surface area contributed by atoms with Crippen molar-refractivity contribution in [3.8, 4) is 0 Å². The molecule has 1 aromatic heterocycles. The lowest BCUT2D eigenvalue weighted by Gasteiger charge is -2.22. The summed E-state index contributed by atoms with van der Waals surface area (Å²) in [7, 11) is 7.13. The molecule has 1 rings (SSSR count). The Kier molecular flexibility index (Phi) is 6.27. The molecule has 1 aromatic rings. The van der Waals surface area contributed by atoms with Gasteiger partial charge in [-0.05, 0) is 0 Å². The van der Waals surface area contributed by atoms with Gasteiger partial charge in [-0.1, -0.05) is 0 Å². The van der Waals surface area contributed by atoms with Crippen molar-refractivity contribution in [3.05, 3.63) is 16.6 Å². The molecule has 0 aliphatic rings. The second kappa shape index (κ2) is 7.73. The van der Waals surface area contributed by atoms with E-state index in [1.807, 2.05) is 23.5 Å². The van der Waals surface area contributed by atoms with Crippen molar-refractivity contribution in [1.82, 2.24) is 20.1 Å². The van der Waals surface area contributed by atoms with Gasteiger partial charge >= 0.3 is 0 Å². The Morgan fingerprint density at radius 3 is 2.74 bits per heavy atom. The van der Waals surface area contributed by atoms with Crippen molar-refractivity contribution in [2.75, 3.05) is 41.3 Å². The number of nitrogens with zero attached hydrogens (tertiary/aromatic N) is 4. The Balaban J connectivity index is 2.39. The third-order valence-electron chi connectivity index (χ3n) is 2.61. The van der Waals surface area contributed by atoms with Crippen molar-refractivity contribution in [2.45, 2.75) is 6.42 Å². The maximum atomic E-state index is 11.5. The number of carbonyl (C=O) groups is 1. The molecule has 7 heteroatoms. The van der Waals surface area contributed by atoms with Crippen LogP contribution in [-0.2, 0) is 11.2 Å². The molecule has 0 aromatic carbocycles. The van der Waals surface area contributed by atoms with Crippen LogP contribution in [0.4, 0.5) is 0 Å². The summed E-state index contributed by atoms with van der Waals surface area (Å²) in [4.78, 5) is 23.5. The number of aromatic nitrogens is 1. The average molecular weight is 283 g/mol. The molecule has 0 radical (unpaired) electrons. The zero-order chi connectivity index (χ0) is 14.3. The fourth-order valence-electron chi connectivity index (χ4n) is 1.44. The fourth-order valence-corrected chi connectivity index (χ4v) is 2.05. The third kappa shape index (κ3) is 5.25. The molecule has 0 atom stereocenters. The topological polar surface area (TPSA) is 60.8 Å². The van der Waals surface area contributed by atoms with Crippen LogP contribution in [0.3, 0.4) is 0 Å². The summed E-state index contributed by atoms with van der Waals surface area (Å²) in [6, 6.07) is 0. The zero-order valence-corrected chi connectivity index (χ0v) is 12.7. The highest BCUT2D eigenvalue weighted by Gasteiger charge is 2.09. The molecule has 0 bridgehead atoms. The van der Waals surface area contributed by atoms with Gasteiger partial charge in [-0.15, -0.1) is 11.3 Å². The molecule has 6 nitrogen and oxygen atoms in total. The number of aliphatic imine (C=N–C) groups is 1. The van der Waals surface area contributed by atoms with E-state index in [2.05, 4.69) is 15.3 Å². The number of guanidine groups is 1. The van der Waals surface area contributed by atoms with Gasteiger partial charge in [0.25, 0.3) is 0 Å². The monoisotopic (exact) mass is 283 g/mol. The lowest BCUT2D eigenvalue weighted by Crippen LogP contribution is -2.44. The Bertz CT molecular complexity index is 416. The van der Waals surface area contributed by atoms with E-state index in [9.17, 15) is 4.79 Å².